The molecule has 0 radical (unpaired) electrons. The summed E-state index contributed by atoms with van der Waals surface area (Å²) in [6.07, 6.45) is 1.28. The standard InChI is InChI=1S/C21H23FN2O5/c1-14(29-18-10-6-16(22)7-11-18)20(25)23-24-21(26)15-4-8-17(9-5-15)28-13-19-3-2-12-27-19/h4-11,14,19H,2-3,12-13H2,1H3,(H,23,25)(H,24,26). The Bertz CT molecular complexity index is 820. The van der Waals surface area contributed by atoms with Crippen LogP contribution in [0, 0.1) is 5.82 Å². The zero-order valence-electron chi connectivity index (χ0n) is 16.0. The summed E-state index contributed by atoms with van der Waals surface area (Å²) in [5.74, 6) is -0.427. The van der Waals surface area contributed by atoms with Gasteiger partial charge in [-0.2, -0.15) is 0 Å². The fourth-order valence-corrected chi connectivity index (χ4v) is 2.73. The van der Waals surface area contributed by atoms with Crippen LogP contribution < -0.4 is 20.3 Å². The summed E-state index contributed by atoms with van der Waals surface area (Å²) in [4.78, 5) is 24.2. The minimum Gasteiger partial charge on any atom is -0.491 e. The second-order valence-electron chi connectivity index (χ2n) is 6.63. The molecule has 0 spiro atoms. The Balaban J connectivity index is 1.43. The second-order valence-corrected chi connectivity index (χ2v) is 6.63. The molecule has 0 bridgehead atoms. The van der Waals surface area contributed by atoms with Crippen LogP contribution in [0.3, 0.4) is 0 Å². The highest BCUT2D eigenvalue weighted by atomic mass is 19.1. The monoisotopic (exact) mass is 402 g/mol. The van der Waals surface area contributed by atoms with Crippen molar-refractivity contribution in [2.24, 2.45) is 0 Å². The molecule has 0 saturated carbocycles. The number of hydrogen-bond donors (Lipinski definition) is 2. The average molecular weight is 402 g/mol. The summed E-state index contributed by atoms with van der Waals surface area (Å²) in [5.41, 5.74) is 5.00. The summed E-state index contributed by atoms with van der Waals surface area (Å²) in [5, 5.41) is 0. The van der Waals surface area contributed by atoms with Crippen LogP contribution in [0.15, 0.2) is 48.5 Å². The minimum atomic E-state index is -0.880. The van der Waals surface area contributed by atoms with Gasteiger partial charge >= 0.3 is 0 Å². The van der Waals surface area contributed by atoms with E-state index in [2.05, 4.69) is 10.9 Å². The maximum Gasteiger partial charge on any atom is 0.279 e. The van der Waals surface area contributed by atoms with Crippen LogP contribution >= 0.6 is 0 Å². The number of nitrogens with one attached hydrogen (secondary N) is 2. The van der Waals surface area contributed by atoms with Gasteiger partial charge in [0.1, 0.15) is 23.9 Å². The van der Waals surface area contributed by atoms with Crippen LogP contribution in [0.4, 0.5) is 4.39 Å². The van der Waals surface area contributed by atoms with Crippen LogP contribution in [-0.2, 0) is 9.53 Å². The molecule has 3 rings (SSSR count). The molecule has 7 nitrogen and oxygen atoms in total. The molecule has 0 aliphatic carbocycles. The SMILES string of the molecule is CC(Oc1ccc(F)cc1)C(=O)NNC(=O)c1ccc(OCC2CCCO2)cc1. The largest absolute Gasteiger partial charge is 0.491 e. The zero-order valence-corrected chi connectivity index (χ0v) is 16.0. The molecule has 1 aliphatic heterocycles. The van der Waals surface area contributed by atoms with Crippen molar-refractivity contribution in [1.82, 2.24) is 10.9 Å². The van der Waals surface area contributed by atoms with Crippen molar-refractivity contribution in [1.29, 1.82) is 0 Å². The first kappa shape index (κ1) is 20.6. The molecular weight excluding hydrogens is 379 g/mol. The van der Waals surface area contributed by atoms with E-state index in [0.29, 0.717) is 23.7 Å². The van der Waals surface area contributed by atoms with Crippen molar-refractivity contribution in [3.8, 4) is 11.5 Å². The van der Waals surface area contributed by atoms with Crippen molar-refractivity contribution in [2.45, 2.75) is 32.0 Å². The van der Waals surface area contributed by atoms with Gasteiger partial charge in [0.15, 0.2) is 6.10 Å². The third-order valence-electron chi connectivity index (χ3n) is 4.37. The number of benzene rings is 2. The number of rotatable bonds is 7. The number of hydrogen-bond acceptors (Lipinski definition) is 5. The molecule has 0 aromatic heterocycles. The van der Waals surface area contributed by atoms with Crippen molar-refractivity contribution < 1.29 is 28.2 Å². The number of carbonyl (C=O) groups excluding carboxylic acids is 2. The topological polar surface area (TPSA) is 85.9 Å². The Hall–Kier alpha value is -3.13. The summed E-state index contributed by atoms with van der Waals surface area (Å²) >= 11 is 0. The predicted octanol–water partition coefficient (Wildman–Crippen LogP) is 2.61. The van der Waals surface area contributed by atoms with E-state index >= 15 is 0 Å². The first-order valence-corrected chi connectivity index (χ1v) is 9.38. The highest BCUT2D eigenvalue weighted by Gasteiger charge is 2.17. The smallest absolute Gasteiger partial charge is 0.279 e. The van der Waals surface area contributed by atoms with Gasteiger partial charge in [0, 0.05) is 12.2 Å². The molecule has 2 aromatic rings. The molecule has 2 amide bonds. The van der Waals surface area contributed by atoms with E-state index in [1.165, 1.54) is 31.2 Å². The zero-order chi connectivity index (χ0) is 20.6. The molecule has 154 valence electrons. The molecule has 2 atom stereocenters. The lowest BCUT2D eigenvalue weighted by Gasteiger charge is -2.15. The molecule has 1 saturated heterocycles. The molecule has 1 aliphatic rings. The van der Waals surface area contributed by atoms with Gasteiger partial charge in [-0.3, -0.25) is 20.4 Å². The number of ether oxygens (including phenoxy) is 3. The highest BCUT2D eigenvalue weighted by Crippen LogP contribution is 2.17. The van der Waals surface area contributed by atoms with Crippen LogP contribution in [0.25, 0.3) is 0 Å². The van der Waals surface area contributed by atoms with E-state index in [1.807, 2.05) is 0 Å². The maximum atomic E-state index is 12.9. The van der Waals surface area contributed by atoms with Gasteiger partial charge < -0.3 is 14.2 Å². The van der Waals surface area contributed by atoms with E-state index in [9.17, 15) is 14.0 Å². The average Bonchev–Trinajstić information content (AvgIpc) is 3.26. The summed E-state index contributed by atoms with van der Waals surface area (Å²) in [7, 11) is 0. The Morgan fingerprint density at radius 3 is 2.45 bits per heavy atom. The Kier molecular flexibility index (Phi) is 7.02. The van der Waals surface area contributed by atoms with Gasteiger partial charge in [0.2, 0.25) is 0 Å². The first-order valence-electron chi connectivity index (χ1n) is 9.38. The van der Waals surface area contributed by atoms with Gasteiger partial charge in [-0.1, -0.05) is 0 Å². The Morgan fingerprint density at radius 2 is 1.79 bits per heavy atom. The van der Waals surface area contributed by atoms with Gasteiger partial charge in [0.05, 0.1) is 6.10 Å². The van der Waals surface area contributed by atoms with E-state index in [0.717, 1.165) is 19.4 Å². The summed E-state index contributed by atoms with van der Waals surface area (Å²) < 4.78 is 29.4. The normalized spacial score (nSPS) is 16.7. The van der Waals surface area contributed by atoms with Gasteiger partial charge in [-0.25, -0.2) is 4.39 Å². The molecule has 8 heteroatoms. The third kappa shape index (κ3) is 6.18. The summed E-state index contributed by atoms with van der Waals surface area (Å²) in [6, 6.07) is 11.9. The number of amides is 2. The van der Waals surface area contributed by atoms with Gasteiger partial charge in [-0.05, 0) is 68.3 Å². The molecule has 2 N–H and O–H groups in total. The maximum absolute atomic E-state index is 12.9. The molecule has 1 fully saturated rings. The Morgan fingerprint density at radius 1 is 1.10 bits per heavy atom. The quantitative estimate of drug-likeness (QED) is 0.696. The molecule has 2 unspecified atom stereocenters. The number of carbonyl (C=O) groups is 2. The Labute approximate surface area is 168 Å². The van der Waals surface area contributed by atoms with E-state index in [4.69, 9.17) is 14.2 Å². The summed E-state index contributed by atoms with van der Waals surface area (Å²) in [6.45, 7) is 2.77. The van der Waals surface area contributed by atoms with Crippen molar-refractivity contribution >= 4 is 11.8 Å². The van der Waals surface area contributed by atoms with Crippen molar-refractivity contribution in [3.05, 3.63) is 59.9 Å². The van der Waals surface area contributed by atoms with E-state index in [1.54, 1.807) is 24.3 Å². The minimum absolute atomic E-state index is 0.118. The number of halogens is 1. The third-order valence-corrected chi connectivity index (χ3v) is 4.37. The lowest BCUT2D eigenvalue weighted by Crippen LogP contribution is -2.47. The molecule has 2 aromatic carbocycles. The van der Waals surface area contributed by atoms with E-state index < -0.39 is 23.7 Å². The molecular formula is C21H23FN2O5. The highest BCUT2D eigenvalue weighted by molar-refractivity contribution is 5.95. The van der Waals surface area contributed by atoms with Crippen LogP contribution in [0.1, 0.15) is 30.1 Å². The predicted molar refractivity (Wildman–Crippen MR) is 103 cm³/mol. The van der Waals surface area contributed by atoms with E-state index in [-0.39, 0.29) is 6.10 Å². The van der Waals surface area contributed by atoms with Crippen molar-refractivity contribution in [3.63, 3.8) is 0 Å². The van der Waals surface area contributed by atoms with Crippen molar-refractivity contribution in [2.75, 3.05) is 13.2 Å². The van der Waals surface area contributed by atoms with Crippen LogP contribution in [0.2, 0.25) is 0 Å². The van der Waals surface area contributed by atoms with Gasteiger partial charge in [0.25, 0.3) is 11.8 Å². The fourth-order valence-electron chi connectivity index (χ4n) is 2.73. The van der Waals surface area contributed by atoms with Crippen LogP contribution in [0.5, 0.6) is 11.5 Å². The first-order chi connectivity index (χ1) is 14.0. The van der Waals surface area contributed by atoms with Crippen LogP contribution in [-0.4, -0.2) is 37.2 Å². The second kappa shape index (κ2) is 9.88. The number of hydrazine groups is 1. The van der Waals surface area contributed by atoms with Gasteiger partial charge in [-0.15, -0.1) is 0 Å². The lowest BCUT2D eigenvalue weighted by molar-refractivity contribution is -0.128. The lowest BCUT2D eigenvalue weighted by atomic mass is 10.2. The fraction of sp³-hybridized carbons (Fsp3) is 0.333. The molecule has 1 heterocycles. The molecule has 29 heavy (non-hydrogen) atoms.